The zero-order valence-electron chi connectivity index (χ0n) is 10.0. The smallest absolute Gasteiger partial charge is 0.315 e. The van der Waals surface area contributed by atoms with E-state index in [2.05, 4.69) is 9.97 Å². The van der Waals surface area contributed by atoms with E-state index >= 15 is 0 Å². The van der Waals surface area contributed by atoms with E-state index in [1.165, 1.54) is 4.57 Å². The molecule has 0 aliphatic carbocycles. The van der Waals surface area contributed by atoms with Crippen LogP contribution in [0.4, 0.5) is 0 Å². The maximum atomic E-state index is 12.0. The van der Waals surface area contributed by atoms with Crippen LogP contribution in [0.5, 0.6) is 0 Å². The van der Waals surface area contributed by atoms with Gasteiger partial charge in [0.15, 0.2) is 5.65 Å². The third kappa shape index (κ3) is 2.06. The highest BCUT2D eigenvalue weighted by atomic mass is 16.2. The fourth-order valence-corrected chi connectivity index (χ4v) is 2.02. The number of benzene rings is 1. The quantitative estimate of drug-likeness (QED) is 0.696. The van der Waals surface area contributed by atoms with Crippen molar-refractivity contribution in [2.24, 2.45) is 0 Å². The molecule has 5 heteroatoms. The highest BCUT2D eigenvalue weighted by Gasteiger charge is 2.08. The first-order valence-electron chi connectivity index (χ1n) is 5.87. The van der Waals surface area contributed by atoms with Crippen LogP contribution < -0.4 is 11.1 Å². The Bertz CT molecular complexity index is 834. The molecular weight excluding hydrogens is 242 g/mol. The van der Waals surface area contributed by atoms with Gasteiger partial charge in [0.05, 0.1) is 12.1 Å². The Labute approximate surface area is 108 Å². The molecule has 19 heavy (non-hydrogen) atoms. The molecule has 0 bridgehead atoms. The van der Waals surface area contributed by atoms with E-state index in [-0.39, 0.29) is 0 Å². The average molecular weight is 253 g/mol. The molecule has 0 saturated heterocycles. The van der Waals surface area contributed by atoms with Gasteiger partial charge in [-0.05, 0) is 17.7 Å². The summed E-state index contributed by atoms with van der Waals surface area (Å²) in [5, 5.41) is 0. The largest absolute Gasteiger partial charge is 0.318 e. The van der Waals surface area contributed by atoms with Crippen molar-refractivity contribution >= 4 is 11.2 Å². The third-order valence-electron chi connectivity index (χ3n) is 2.91. The minimum absolute atomic E-state index is 0.330. The molecule has 0 aliphatic heterocycles. The Morgan fingerprint density at radius 2 is 1.84 bits per heavy atom. The predicted octanol–water partition coefficient (Wildman–Crippen LogP) is 1.13. The van der Waals surface area contributed by atoms with Crippen molar-refractivity contribution in [3.63, 3.8) is 0 Å². The first-order chi connectivity index (χ1) is 9.25. The molecule has 0 spiro atoms. The van der Waals surface area contributed by atoms with Crippen molar-refractivity contribution in [1.29, 1.82) is 0 Å². The van der Waals surface area contributed by atoms with Crippen molar-refractivity contribution in [3.8, 4) is 0 Å². The van der Waals surface area contributed by atoms with Crippen LogP contribution in [0.25, 0.3) is 11.2 Å². The minimum atomic E-state index is -0.628. The number of nitrogens with zero attached hydrogens (tertiary/aromatic N) is 2. The molecule has 0 atom stereocenters. The van der Waals surface area contributed by atoms with Gasteiger partial charge in [0.1, 0.15) is 0 Å². The van der Waals surface area contributed by atoms with Crippen LogP contribution in [0.2, 0.25) is 0 Å². The van der Waals surface area contributed by atoms with E-state index in [4.69, 9.17) is 0 Å². The normalized spacial score (nSPS) is 10.7. The summed E-state index contributed by atoms with van der Waals surface area (Å²) < 4.78 is 1.39. The molecule has 0 fully saturated rings. The van der Waals surface area contributed by atoms with Crippen molar-refractivity contribution in [2.45, 2.75) is 6.54 Å². The van der Waals surface area contributed by atoms with E-state index in [0.29, 0.717) is 17.7 Å². The molecule has 2 aromatic heterocycles. The van der Waals surface area contributed by atoms with Gasteiger partial charge in [-0.1, -0.05) is 30.3 Å². The minimum Gasteiger partial charge on any atom is -0.315 e. The molecule has 1 N–H and O–H groups in total. The van der Waals surface area contributed by atoms with Gasteiger partial charge in [-0.15, -0.1) is 0 Å². The van der Waals surface area contributed by atoms with Gasteiger partial charge in [0, 0.05) is 6.20 Å². The van der Waals surface area contributed by atoms with Gasteiger partial charge in [0.2, 0.25) is 0 Å². The molecule has 94 valence electrons. The maximum absolute atomic E-state index is 12.0. The van der Waals surface area contributed by atoms with Gasteiger partial charge in [-0.2, -0.15) is 0 Å². The number of rotatable bonds is 2. The van der Waals surface area contributed by atoms with Crippen LogP contribution in [0.3, 0.4) is 0 Å². The van der Waals surface area contributed by atoms with E-state index in [1.807, 2.05) is 30.3 Å². The lowest BCUT2D eigenvalue weighted by atomic mass is 10.2. The van der Waals surface area contributed by atoms with Crippen LogP contribution in [-0.2, 0) is 6.54 Å². The summed E-state index contributed by atoms with van der Waals surface area (Å²) in [5.41, 5.74) is 0.771. The van der Waals surface area contributed by atoms with Gasteiger partial charge in [-0.25, -0.2) is 4.98 Å². The lowest BCUT2D eigenvalue weighted by Crippen LogP contribution is -2.36. The molecule has 0 saturated carbocycles. The second-order valence-electron chi connectivity index (χ2n) is 4.21. The molecule has 0 aliphatic rings. The monoisotopic (exact) mass is 253 g/mol. The number of hydrogen-bond acceptors (Lipinski definition) is 3. The summed E-state index contributed by atoms with van der Waals surface area (Å²) in [6.07, 6.45) is 1.60. The molecule has 3 aromatic rings. The number of nitrogens with one attached hydrogen (secondary N) is 1. The molecule has 3 rings (SSSR count). The summed E-state index contributed by atoms with van der Waals surface area (Å²) in [6.45, 7) is 0.330. The number of aromatic nitrogens is 3. The summed E-state index contributed by atoms with van der Waals surface area (Å²) in [6, 6.07) is 12.9. The highest BCUT2D eigenvalue weighted by Crippen LogP contribution is 2.06. The van der Waals surface area contributed by atoms with Crippen molar-refractivity contribution in [1.82, 2.24) is 14.5 Å². The molecule has 2 heterocycles. The summed E-state index contributed by atoms with van der Waals surface area (Å²) in [5.74, 6) is 0. The lowest BCUT2D eigenvalue weighted by molar-refractivity contribution is 0.765. The topological polar surface area (TPSA) is 67.8 Å². The second kappa shape index (κ2) is 4.53. The Morgan fingerprint density at radius 3 is 2.63 bits per heavy atom. The Kier molecular flexibility index (Phi) is 2.72. The van der Waals surface area contributed by atoms with Crippen LogP contribution in [0.1, 0.15) is 5.56 Å². The second-order valence-corrected chi connectivity index (χ2v) is 4.21. The molecule has 0 radical (unpaired) electrons. The summed E-state index contributed by atoms with van der Waals surface area (Å²) in [7, 11) is 0. The van der Waals surface area contributed by atoms with Gasteiger partial charge < -0.3 is 4.98 Å². The number of hydrogen-bond donors (Lipinski definition) is 1. The highest BCUT2D eigenvalue weighted by molar-refractivity contribution is 5.69. The van der Waals surface area contributed by atoms with Crippen LogP contribution in [0, 0.1) is 0 Å². The Balaban J connectivity index is 2.25. The molecule has 0 unspecified atom stereocenters. The van der Waals surface area contributed by atoms with Gasteiger partial charge in [-0.3, -0.25) is 14.2 Å². The van der Waals surface area contributed by atoms with E-state index in [0.717, 1.165) is 5.56 Å². The van der Waals surface area contributed by atoms with Crippen molar-refractivity contribution < 1.29 is 0 Å². The SMILES string of the molecule is O=c1[nH]c2cccnc2n(Cc2ccccc2)c1=O. The third-order valence-corrected chi connectivity index (χ3v) is 2.91. The summed E-state index contributed by atoms with van der Waals surface area (Å²) >= 11 is 0. The van der Waals surface area contributed by atoms with Crippen LogP contribution in [-0.4, -0.2) is 14.5 Å². The first-order valence-corrected chi connectivity index (χ1v) is 5.87. The van der Waals surface area contributed by atoms with Crippen LogP contribution >= 0.6 is 0 Å². The standard InChI is InChI=1S/C14H11N3O2/c18-13-14(19)17(9-10-5-2-1-3-6-10)12-11(16-13)7-4-8-15-12/h1-8H,9H2,(H,16,18). The van der Waals surface area contributed by atoms with E-state index < -0.39 is 11.1 Å². The van der Waals surface area contributed by atoms with Crippen molar-refractivity contribution in [2.75, 3.05) is 0 Å². The number of fused-ring (bicyclic) bond motifs is 1. The molecule has 0 amide bonds. The summed E-state index contributed by atoms with van der Waals surface area (Å²) in [4.78, 5) is 30.3. The zero-order valence-corrected chi connectivity index (χ0v) is 10.0. The van der Waals surface area contributed by atoms with E-state index in [1.54, 1.807) is 18.3 Å². The average Bonchev–Trinajstić information content (AvgIpc) is 2.45. The number of H-pyrrole nitrogens is 1. The van der Waals surface area contributed by atoms with Gasteiger partial charge >= 0.3 is 11.1 Å². The molecule has 1 aromatic carbocycles. The number of pyridine rings is 1. The number of aromatic amines is 1. The first kappa shape index (κ1) is 11.4. The predicted molar refractivity (Wildman–Crippen MR) is 72.2 cm³/mol. The van der Waals surface area contributed by atoms with E-state index in [9.17, 15) is 9.59 Å². The lowest BCUT2D eigenvalue weighted by Gasteiger charge is -2.08. The Hall–Kier alpha value is -2.69. The molecule has 5 nitrogen and oxygen atoms in total. The van der Waals surface area contributed by atoms with Gasteiger partial charge in [0.25, 0.3) is 0 Å². The fourth-order valence-electron chi connectivity index (χ4n) is 2.02. The zero-order chi connectivity index (χ0) is 13.2. The van der Waals surface area contributed by atoms with Crippen molar-refractivity contribution in [3.05, 3.63) is 74.9 Å². The van der Waals surface area contributed by atoms with Crippen LogP contribution in [0.15, 0.2) is 58.3 Å². The Morgan fingerprint density at radius 1 is 1.05 bits per heavy atom. The molecular formula is C14H11N3O2. The fraction of sp³-hybridized carbons (Fsp3) is 0.0714. The maximum Gasteiger partial charge on any atom is 0.318 e.